The number of nitriles is 1. The lowest BCUT2D eigenvalue weighted by Crippen LogP contribution is -1.98. The molecule has 2 aromatic carbocycles. The van der Waals surface area contributed by atoms with E-state index in [9.17, 15) is 10.4 Å². The Morgan fingerprint density at radius 2 is 1.78 bits per heavy atom. The number of H-pyrrole nitrogens is 1. The summed E-state index contributed by atoms with van der Waals surface area (Å²) < 4.78 is 15.9. The zero-order valence-corrected chi connectivity index (χ0v) is 15.6. The summed E-state index contributed by atoms with van der Waals surface area (Å²) in [6, 6.07) is 10.2. The molecule has 0 amide bonds. The molecule has 1 heterocycles. The summed E-state index contributed by atoms with van der Waals surface area (Å²) in [7, 11) is 4.42. The molecular formula is C19H16ClN3O4. The first-order valence-electron chi connectivity index (χ1n) is 7.81. The maximum Gasteiger partial charge on any atom is 0.203 e. The highest BCUT2D eigenvalue weighted by Crippen LogP contribution is 2.40. The van der Waals surface area contributed by atoms with Crippen LogP contribution in [0.15, 0.2) is 30.3 Å². The second kappa shape index (κ2) is 7.48. The van der Waals surface area contributed by atoms with Crippen molar-refractivity contribution >= 4 is 34.0 Å². The first-order chi connectivity index (χ1) is 13.0. The Morgan fingerprint density at radius 1 is 1.11 bits per heavy atom. The number of allylic oxidation sites excluding steroid dienone is 1. The van der Waals surface area contributed by atoms with Gasteiger partial charge in [-0.2, -0.15) is 5.26 Å². The Kier molecular flexibility index (Phi) is 5.10. The fraction of sp³-hybridized carbons (Fsp3) is 0.158. The van der Waals surface area contributed by atoms with Crippen molar-refractivity contribution in [2.45, 2.75) is 0 Å². The van der Waals surface area contributed by atoms with E-state index in [0.29, 0.717) is 38.9 Å². The first-order valence-corrected chi connectivity index (χ1v) is 8.19. The van der Waals surface area contributed by atoms with Gasteiger partial charge in [-0.1, -0.05) is 11.6 Å². The van der Waals surface area contributed by atoms with Gasteiger partial charge in [-0.25, -0.2) is 4.98 Å². The molecule has 0 aliphatic heterocycles. The van der Waals surface area contributed by atoms with Gasteiger partial charge in [0.2, 0.25) is 5.75 Å². The lowest BCUT2D eigenvalue weighted by Gasteiger charge is -2.14. The predicted molar refractivity (Wildman–Crippen MR) is 102 cm³/mol. The molecule has 1 aromatic heterocycles. The number of aliphatic hydroxyl groups excluding tert-OH is 1. The average Bonchev–Trinajstić information content (AvgIpc) is 3.09. The number of nitrogens with one attached hydrogen (secondary N) is 1. The van der Waals surface area contributed by atoms with Crippen LogP contribution in [-0.2, 0) is 0 Å². The summed E-state index contributed by atoms with van der Waals surface area (Å²) in [5.41, 5.74) is 1.57. The van der Waals surface area contributed by atoms with Crippen LogP contribution in [0.5, 0.6) is 17.2 Å². The molecule has 7 nitrogen and oxygen atoms in total. The molecule has 2 N–H and O–H groups in total. The highest BCUT2D eigenvalue weighted by Gasteiger charge is 2.19. The van der Waals surface area contributed by atoms with E-state index in [0.717, 1.165) is 0 Å². The van der Waals surface area contributed by atoms with E-state index in [1.54, 1.807) is 30.3 Å². The van der Waals surface area contributed by atoms with Crippen molar-refractivity contribution in [2.75, 3.05) is 21.3 Å². The predicted octanol–water partition coefficient (Wildman–Crippen LogP) is 4.19. The molecule has 27 heavy (non-hydrogen) atoms. The molecule has 0 aliphatic carbocycles. The van der Waals surface area contributed by atoms with Gasteiger partial charge < -0.3 is 24.3 Å². The molecule has 0 saturated heterocycles. The summed E-state index contributed by atoms with van der Waals surface area (Å²) >= 11 is 5.98. The first kappa shape index (κ1) is 18.4. The smallest absolute Gasteiger partial charge is 0.203 e. The Balaban J connectivity index is 2.18. The number of aliphatic hydroxyl groups is 1. The summed E-state index contributed by atoms with van der Waals surface area (Å²) in [4.78, 5) is 7.34. The molecule has 3 aromatic rings. The summed E-state index contributed by atoms with van der Waals surface area (Å²) in [6.45, 7) is 0. The van der Waals surface area contributed by atoms with E-state index in [4.69, 9.17) is 25.8 Å². The zero-order valence-electron chi connectivity index (χ0n) is 14.8. The zero-order chi connectivity index (χ0) is 19.6. The van der Waals surface area contributed by atoms with Crippen molar-refractivity contribution < 1.29 is 19.3 Å². The number of methoxy groups -OCH3 is 3. The van der Waals surface area contributed by atoms with Gasteiger partial charge in [-0.05, 0) is 30.3 Å². The molecule has 0 aliphatic rings. The van der Waals surface area contributed by atoms with Crippen molar-refractivity contribution in [3.63, 3.8) is 0 Å². The van der Waals surface area contributed by atoms with Crippen LogP contribution < -0.4 is 14.2 Å². The fourth-order valence-electron chi connectivity index (χ4n) is 2.68. The van der Waals surface area contributed by atoms with Gasteiger partial charge >= 0.3 is 0 Å². The lowest BCUT2D eigenvalue weighted by atomic mass is 10.1. The summed E-state index contributed by atoms with van der Waals surface area (Å²) in [5.74, 6) is 1.04. The van der Waals surface area contributed by atoms with Crippen molar-refractivity contribution in [3.8, 4) is 23.3 Å². The minimum Gasteiger partial charge on any atom is -0.506 e. The van der Waals surface area contributed by atoms with Crippen LogP contribution in [-0.4, -0.2) is 36.4 Å². The van der Waals surface area contributed by atoms with Crippen LogP contribution in [0.1, 0.15) is 11.4 Å². The van der Waals surface area contributed by atoms with Gasteiger partial charge in [-0.15, -0.1) is 0 Å². The van der Waals surface area contributed by atoms with E-state index in [2.05, 4.69) is 9.97 Å². The number of benzene rings is 2. The number of nitrogens with zero attached hydrogens (tertiary/aromatic N) is 2. The topological polar surface area (TPSA) is 100 Å². The molecule has 0 spiro atoms. The van der Waals surface area contributed by atoms with Gasteiger partial charge in [0.1, 0.15) is 17.4 Å². The number of hydrogen-bond acceptors (Lipinski definition) is 6. The summed E-state index contributed by atoms with van der Waals surface area (Å²) in [5, 5.41) is 20.9. The molecule has 0 atom stereocenters. The Morgan fingerprint density at radius 3 is 2.33 bits per heavy atom. The second-order valence-electron chi connectivity index (χ2n) is 5.50. The van der Waals surface area contributed by atoms with Crippen molar-refractivity contribution in [2.24, 2.45) is 0 Å². The second-order valence-corrected chi connectivity index (χ2v) is 5.93. The molecule has 8 heteroatoms. The number of hydrogen-bond donors (Lipinski definition) is 2. The monoisotopic (exact) mass is 385 g/mol. The van der Waals surface area contributed by atoms with Gasteiger partial charge in [0, 0.05) is 10.6 Å². The number of aromatic nitrogens is 2. The Labute approximate surface area is 160 Å². The highest BCUT2D eigenvalue weighted by atomic mass is 35.5. The normalized spacial score (nSPS) is 11.7. The third kappa shape index (κ3) is 3.35. The maximum atomic E-state index is 10.7. The molecule has 0 radical (unpaired) electrons. The minimum atomic E-state index is -0.276. The standard InChI is InChI=1S/C19H16ClN3O4/c1-25-15-6-10(7-16(26-2)18(15)27-3)17(24)12(9-21)19-22-13-5-4-11(20)8-14(13)23-19/h4-8,24H,1-3H3,(H,22,23). The third-order valence-corrected chi connectivity index (χ3v) is 4.20. The largest absolute Gasteiger partial charge is 0.506 e. The molecule has 138 valence electrons. The fourth-order valence-corrected chi connectivity index (χ4v) is 2.85. The van der Waals surface area contributed by atoms with E-state index in [1.165, 1.54) is 21.3 Å². The number of rotatable bonds is 5. The number of ether oxygens (including phenoxy) is 3. The van der Waals surface area contributed by atoms with Gasteiger partial charge in [-0.3, -0.25) is 0 Å². The number of imidazole rings is 1. The maximum absolute atomic E-state index is 10.7. The number of halogens is 1. The van der Waals surface area contributed by atoms with Crippen LogP contribution in [0, 0.1) is 11.3 Å². The lowest BCUT2D eigenvalue weighted by molar-refractivity contribution is 0.324. The Hall–Kier alpha value is -3.37. The molecule has 0 saturated carbocycles. The van der Waals surface area contributed by atoms with Gasteiger partial charge in [0.15, 0.2) is 17.3 Å². The molecule has 0 bridgehead atoms. The van der Waals surface area contributed by atoms with Crippen LogP contribution in [0.3, 0.4) is 0 Å². The average molecular weight is 386 g/mol. The van der Waals surface area contributed by atoms with E-state index < -0.39 is 0 Å². The molecule has 0 unspecified atom stereocenters. The van der Waals surface area contributed by atoms with Crippen molar-refractivity contribution in [3.05, 3.63) is 46.7 Å². The van der Waals surface area contributed by atoms with Crippen LogP contribution in [0.4, 0.5) is 0 Å². The summed E-state index contributed by atoms with van der Waals surface area (Å²) in [6.07, 6.45) is 0. The van der Waals surface area contributed by atoms with Crippen molar-refractivity contribution in [1.82, 2.24) is 9.97 Å². The van der Waals surface area contributed by atoms with Crippen LogP contribution in [0.2, 0.25) is 5.02 Å². The van der Waals surface area contributed by atoms with E-state index in [-0.39, 0.29) is 17.2 Å². The van der Waals surface area contributed by atoms with Crippen molar-refractivity contribution in [1.29, 1.82) is 5.26 Å². The molecule has 0 fully saturated rings. The van der Waals surface area contributed by atoms with Gasteiger partial charge in [0.05, 0.1) is 32.4 Å². The number of fused-ring (bicyclic) bond motifs is 1. The Bertz CT molecular complexity index is 1060. The highest BCUT2D eigenvalue weighted by molar-refractivity contribution is 6.31. The number of aromatic amines is 1. The minimum absolute atomic E-state index is 0.0309. The third-order valence-electron chi connectivity index (χ3n) is 3.97. The molecular weight excluding hydrogens is 370 g/mol. The van der Waals surface area contributed by atoms with Crippen LogP contribution in [0.25, 0.3) is 22.4 Å². The SMILES string of the molecule is COc1cc(C(O)=C(C#N)c2nc3ccc(Cl)cc3[nH]2)cc(OC)c1OC. The molecule has 3 rings (SSSR count). The van der Waals surface area contributed by atoms with Crippen LogP contribution >= 0.6 is 11.6 Å². The van der Waals surface area contributed by atoms with Gasteiger partial charge in [0.25, 0.3) is 0 Å². The van der Waals surface area contributed by atoms with E-state index >= 15 is 0 Å². The van der Waals surface area contributed by atoms with E-state index in [1.807, 2.05) is 6.07 Å². The quantitative estimate of drug-likeness (QED) is 0.504.